The van der Waals surface area contributed by atoms with E-state index in [2.05, 4.69) is 10.5 Å². The van der Waals surface area contributed by atoms with Crippen molar-refractivity contribution in [2.24, 2.45) is 5.10 Å². The maximum absolute atomic E-state index is 13.6. The third-order valence-electron chi connectivity index (χ3n) is 3.71. The number of carbonyl (C=O) groups excluding carboxylic acids is 1. The number of hydrogen-bond acceptors (Lipinski definition) is 3. The molecule has 0 aliphatic heterocycles. The van der Waals surface area contributed by atoms with Crippen LogP contribution < -0.4 is 10.2 Å². The van der Waals surface area contributed by atoms with E-state index in [-0.39, 0.29) is 17.2 Å². The highest BCUT2D eigenvalue weighted by Crippen LogP contribution is 2.22. The standard InChI is InChI=1S/C21H16ClFN2O2/c22-19-7-4-8-20(23)18(19)13-24-25-21(26)14-27-17-11-9-16(10-12-17)15-5-2-1-3-6-15/h1-13H,14H2,(H,25,26). The number of nitrogens with one attached hydrogen (secondary N) is 1. The number of halogens is 2. The third-order valence-corrected chi connectivity index (χ3v) is 4.04. The van der Waals surface area contributed by atoms with E-state index in [0.29, 0.717) is 5.75 Å². The summed E-state index contributed by atoms with van der Waals surface area (Å²) in [6.07, 6.45) is 1.16. The van der Waals surface area contributed by atoms with Crippen molar-refractivity contribution in [2.45, 2.75) is 0 Å². The SMILES string of the molecule is O=C(COc1ccc(-c2ccccc2)cc1)NN=Cc1c(F)cccc1Cl. The van der Waals surface area contributed by atoms with Crippen LogP contribution in [0.5, 0.6) is 5.75 Å². The van der Waals surface area contributed by atoms with Crippen LogP contribution in [-0.4, -0.2) is 18.7 Å². The van der Waals surface area contributed by atoms with Crippen LogP contribution in [-0.2, 0) is 4.79 Å². The first-order valence-electron chi connectivity index (χ1n) is 8.17. The van der Waals surface area contributed by atoms with E-state index >= 15 is 0 Å². The van der Waals surface area contributed by atoms with Gasteiger partial charge in [0.1, 0.15) is 11.6 Å². The number of amides is 1. The van der Waals surface area contributed by atoms with E-state index in [9.17, 15) is 9.18 Å². The second-order valence-electron chi connectivity index (χ2n) is 5.61. The number of hydrogen-bond donors (Lipinski definition) is 1. The Morgan fingerprint density at radius 2 is 1.70 bits per heavy atom. The van der Waals surface area contributed by atoms with Crippen LogP contribution in [0.15, 0.2) is 77.9 Å². The van der Waals surface area contributed by atoms with Gasteiger partial charge in [-0.1, -0.05) is 60.1 Å². The van der Waals surface area contributed by atoms with Gasteiger partial charge in [0.25, 0.3) is 5.91 Å². The molecule has 0 atom stereocenters. The molecular weight excluding hydrogens is 367 g/mol. The Morgan fingerprint density at radius 3 is 2.41 bits per heavy atom. The first-order valence-corrected chi connectivity index (χ1v) is 8.55. The monoisotopic (exact) mass is 382 g/mol. The lowest BCUT2D eigenvalue weighted by Crippen LogP contribution is -2.24. The Balaban J connectivity index is 1.51. The first kappa shape index (κ1) is 18.6. The molecule has 4 nitrogen and oxygen atoms in total. The Morgan fingerprint density at radius 1 is 1.00 bits per heavy atom. The van der Waals surface area contributed by atoms with E-state index in [1.54, 1.807) is 12.1 Å². The number of benzene rings is 3. The van der Waals surface area contributed by atoms with Crippen molar-refractivity contribution in [3.8, 4) is 16.9 Å². The minimum absolute atomic E-state index is 0.108. The quantitative estimate of drug-likeness (QED) is 0.497. The summed E-state index contributed by atoms with van der Waals surface area (Å²) >= 11 is 5.87. The summed E-state index contributed by atoms with van der Waals surface area (Å²) in [5.74, 6) is -0.424. The van der Waals surface area contributed by atoms with Gasteiger partial charge in [-0.2, -0.15) is 5.10 Å². The highest BCUT2D eigenvalue weighted by atomic mass is 35.5. The molecular formula is C21H16ClFN2O2. The Kier molecular flexibility index (Phi) is 6.18. The van der Waals surface area contributed by atoms with Crippen LogP contribution in [0, 0.1) is 5.82 Å². The predicted molar refractivity (Wildman–Crippen MR) is 105 cm³/mol. The minimum atomic E-state index is -0.518. The van der Waals surface area contributed by atoms with E-state index in [4.69, 9.17) is 16.3 Å². The fraction of sp³-hybridized carbons (Fsp3) is 0.0476. The van der Waals surface area contributed by atoms with Crippen LogP contribution in [0.4, 0.5) is 4.39 Å². The Labute approximate surface area is 161 Å². The summed E-state index contributed by atoms with van der Waals surface area (Å²) < 4.78 is 19.0. The topological polar surface area (TPSA) is 50.7 Å². The molecule has 0 aromatic heterocycles. The number of hydrazone groups is 1. The summed E-state index contributed by atoms with van der Waals surface area (Å²) in [5, 5.41) is 3.91. The zero-order chi connectivity index (χ0) is 19.1. The fourth-order valence-electron chi connectivity index (χ4n) is 2.36. The Hall–Kier alpha value is -3.18. The lowest BCUT2D eigenvalue weighted by Gasteiger charge is -2.07. The molecule has 27 heavy (non-hydrogen) atoms. The molecule has 1 amide bonds. The summed E-state index contributed by atoms with van der Waals surface area (Å²) in [4.78, 5) is 11.8. The van der Waals surface area contributed by atoms with Gasteiger partial charge in [0, 0.05) is 5.56 Å². The highest BCUT2D eigenvalue weighted by molar-refractivity contribution is 6.33. The molecule has 3 rings (SSSR count). The molecule has 0 fully saturated rings. The van der Waals surface area contributed by atoms with Crippen molar-refractivity contribution >= 4 is 23.7 Å². The first-order chi connectivity index (χ1) is 13.1. The van der Waals surface area contributed by atoms with E-state index in [1.165, 1.54) is 18.2 Å². The van der Waals surface area contributed by atoms with Gasteiger partial charge in [0.2, 0.25) is 0 Å². The van der Waals surface area contributed by atoms with Crippen LogP contribution in [0.3, 0.4) is 0 Å². The number of ether oxygens (including phenoxy) is 1. The van der Waals surface area contributed by atoms with Gasteiger partial charge in [0.15, 0.2) is 6.61 Å². The van der Waals surface area contributed by atoms with Crippen molar-refractivity contribution < 1.29 is 13.9 Å². The second-order valence-corrected chi connectivity index (χ2v) is 6.01. The molecule has 0 saturated carbocycles. The lowest BCUT2D eigenvalue weighted by atomic mass is 10.1. The molecule has 0 radical (unpaired) electrons. The van der Waals surface area contributed by atoms with Gasteiger partial charge in [-0.25, -0.2) is 9.82 Å². The summed E-state index contributed by atoms with van der Waals surface area (Å²) in [7, 11) is 0. The molecule has 6 heteroatoms. The van der Waals surface area contributed by atoms with Gasteiger partial charge in [-0.05, 0) is 35.4 Å². The summed E-state index contributed by atoms with van der Waals surface area (Å²) in [6.45, 7) is -0.215. The minimum Gasteiger partial charge on any atom is -0.484 e. The van der Waals surface area contributed by atoms with E-state index in [0.717, 1.165) is 17.3 Å². The predicted octanol–water partition coefficient (Wildman–Crippen LogP) is 4.68. The summed E-state index contributed by atoms with van der Waals surface area (Å²) in [6, 6.07) is 21.6. The normalized spacial score (nSPS) is 10.7. The maximum atomic E-state index is 13.6. The smallest absolute Gasteiger partial charge is 0.277 e. The highest BCUT2D eigenvalue weighted by Gasteiger charge is 2.05. The van der Waals surface area contributed by atoms with Gasteiger partial charge in [-0.15, -0.1) is 0 Å². The van der Waals surface area contributed by atoms with Gasteiger partial charge < -0.3 is 4.74 Å². The Bertz CT molecular complexity index is 924. The molecule has 3 aromatic rings. The largest absolute Gasteiger partial charge is 0.484 e. The fourth-order valence-corrected chi connectivity index (χ4v) is 2.57. The molecule has 0 aliphatic rings. The molecule has 0 unspecified atom stereocenters. The van der Waals surface area contributed by atoms with Crippen LogP contribution in [0.25, 0.3) is 11.1 Å². The second kappa shape index (κ2) is 8.96. The van der Waals surface area contributed by atoms with Crippen molar-refractivity contribution in [1.29, 1.82) is 0 Å². The zero-order valence-electron chi connectivity index (χ0n) is 14.2. The van der Waals surface area contributed by atoms with Crippen molar-refractivity contribution in [3.63, 3.8) is 0 Å². The molecule has 0 aliphatic carbocycles. The molecule has 0 saturated heterocycles. The van der Waals surface area contributed by atoms with Gasteiger partial charge in [-0.3, -0.25) is 4.79 Å². The van der Waals surface area contributed by atoms with Gasteiger partial charge >= 0.3 is 0 Å². The van der Waals surface area contributed by atoms with Gasteiger partial charge in [0.05, 0.1) is 11.2 Å². The average molecular weight is 383 g/mol. The van der Waals surface area contributed by atoms with E-state index in [1.807, 2.05) is 42.5 Å². The molecule has 0 bridgehead atoms. The summed E-state index contributed by atoms with van der Waals surface area (Å²) in [5.41, 5.74) is 4.54. The number of nitrogens with zero attached hydrogens (tertiary/aromatic N) is 1. The van der Waals surface area contributed by atoms with Crippen LogP contribution >= 0.6 is 11.6 Å². The number of rotatable bonds is 6. The van der Waals surface area contributed by atoms with Crippen molar-refractivity contribution in [1.82, 2.24) is 5.43 Å². The van der Waals surface area contributed by atoms with Crippen molar-refractivity contribution in [3.05, 3.63) is 89.2 Å². The van der Waals surface area contributed by atoms with Crippen LogP contribution in [0.2, 0.25) is 5.02 Å². The maximum Gasteiger partial charge on any atom is 0.277 e. The third kappa shape index (κ3) is 5.15. The number of carbonyl (C=O) groups is 1. The molecule has 136 valence electrons. The molecule has 0 spiro atoms. The molecule has 0 heterocycles. The van der Waals surface area contributed by atoms with Crippen LogP contribution in [0.1, 0.15) is 5.56 Å². The molecule has 3 aromatic carbocycles. The molecule has 1 N–H and O–H groups in total. The van der Waals surface area contributed by atoms with Crippen molar-refractivity contribution in [2.75, 3.05) is 6.61 Å². The average Bonchev–Trinajstić information content (AvgIpc) is 2.70. The zero-order valence-corrected chi connectivity index (χ0v) is 15.0. The lowest BCUT2D eigenvalue weighted by molar-refractivity contribution is -0.123. The van der Waals surface area contributed by atoms with E-state index < -0.39 is 11.7 Å².